The van der Waals surface area contributed by atoms with Crippen molar-refractivity contribution in [2.24, 2.45) is 0 Å². The van der Waals surface area contributed by atoms with Gasteiger partial charge in [-0.15, -0.1) is 0 Å². The van der Waals surface area contributed by atoms with Gasteiger partial charge in [0.1, 0.15) is 0 Å². The average molecular weight is 322 g/mol. The molecule has 0 aromatic heterocycles. The minimum absolute atomic E-state index is 0.213. The van der Waals surface area contributed by atoms with Crippen LogP contribution in [0, 0.1) is 3.57 Å². The number of hydrogen-bond donors (Lipinski definition) is 0. The van der Waals surface area contributed by atoms with E-state index < -0.39 is 31.2 Å². The van der Waals surface area contributed by atoms with E-state index in [0.717, 1.165) is 6.92 Å². The van der Waals surface area contributed by atoms with Crippen LogP contribution >= 0.6 is 19.3 Å². The second-order valence-corrected chi connectivity index (χ2v) is 7.28. The zero-order valence-electron chi connectivity index (χ0n) is 7.73. The first-order chi connectivity index (χ1) is 7.03. The Labute approximate surface area is 90.4 Å². The van der Waals surface area contributed by atoms with Gasteiger partial charge in [-0.3, -0.25) is 0 Å². The maximum absolute atomic E-state index is 12.0. The van der Waals surface area contributed by atoms with Crippen LogP contribution in [0.2, 0.25) is 0 Å². The average Bonchev–Trinajstić information content (AvgIpc) is 2.39. The Morgan fingerprint density at radius 2 is 2.07 bits per heavy atom. The van der Waals surface area contributed by atoms with Crippen molar-refractivity contribution in [3.05, 3.63) is 33.4 Å². The van der Waals surface area contributed by atoms with Crippen molar-refractivity contribution in [1.29, 1.82) is 0 Å². The Morgan fingerprint density at radius 3 is 2.73 bits per heavy atom. The van der Waals surface area contributed by atoms with E-state index in [0.29, 0.717) is 0 Å². The molecule has 15 heavy (non-hydrogen) atoms. The van der Waals surface area contributed by atoms with Gasteiger partial charge in [0.15, 0.2) is 0 Å². The van der Waals surface area contributed by atoms with E-state index in [1.54, 1.807) is 12.1 Å². The number of fused-ring (bicyclic) bond motifs is 1. The molecule has 0 fully saturated rings. The summed E-state index contributed by atoms with van der Waals surface area (Å²) in [6, 6.07) is 6.21. The maximum atomic E-state index is 12.0. The van der Waals surface area contributed by atoms with Crippen molar-refractivity contribution < 1.29 is 18.8 Å². The van der Waals surface area contributed by atoms with Gasteiger partial charge in [0, 0.05) is 0 Å². The van der Waals surface area contributed by atoms with Crippen molar-refractivity contribution in [2.75, 3.05) is 0 Å². The number of benzene rings is 1. The molecule has 1 aromatic carbocycles. The quantitative estimate of drug-likeness (QED) is 0.738. The van der Waals surface area contributed by atoms with Gasteiger partial charge in [0.05, 0.1) is 0 Å². The third kappa shape index (κ3) is 1.65. The molecule has 0 amide bonds. The van der Waals surface area contributed by atoms with Crippen LogP contribution in [0.5, 0.6) is 0 Å². The third-order valence-electron chi connectivity index (χ3n) is 1.72. The van der Waals surface area contributed by atoms with Crippen molar-refractivity contribution in [3.8, 4) is 0 Å². The van der Waals surface area contributed by atoms with E-state index in [9.17, 15) is 12.7 Å². The molecular weight excluding hydrogens is 315 g/mol. The molecular formula is C9H7IO5. The number of halogens is 1. The van der Waals surface area contributed by atoms with Crippen molar-refractivity contribution in [2.45, 2.75) is 6.92 Å². The van der Waals surface area contributed by atoms with Gasteiger partial charge >= 0.3 is 90.3 Å². The summed E-state index contributed by atoms with van der Waals surface area (Å²) in [5.41, 5.74) is 0.213. The molecule has 1 aromatic rings. The predicted molar refractivity (Wildman–Crippen MR) is 57.0 cm³/mol. The Hall–Kier alpha value is -1.31. The van der Waals surface area contributed by atoms with E-state index in [2.05, 4.69) is 6.13 Å². The summed E-state index contributed by atoms with van der Waals surface area (Å²) < 4.78 is 21.6. The Balaban J connectivity index is 2.53. The molecule has 2 rings (SSSR count). The van der Waals surface area contributed by atoms with Crippen LogP contribution in [0.15, 0.2) is 24.3 Å². The second kappa shape index (κ2) is 3.37. The molecule has 0 bridgehead atoms. The fourth-order valence-corrected chi connectivity index (χ4v) is 5.11. The number of hydrogen-bond acceptors (Lipinski definition) is 5. The number of rotatable bonds is 1. The summed E-state index contributed by atoms with van der Waals surface area (Å²) in [6.07, 6.45) is 0. The van der Waals surface area contributed by atoms with Gasteiger partial charge in [-0.25, -0.2) is 0 Å². The molecule has 1 aliphatic rings. The first-order valence-electron chi connectivity index (χ1n) is 4.05. The number of carbonyl (C=O) groups is 2. The van der Waals surface area contributed by atoms with E-state index >= 15 is 0 Å². The zero-order chi connectivity index (χ0) is 11.1. The molecule has 1 heterocycles. The molecule has 0 saturated heterocycles. The monoisotopic (exact) mass is 322 g/mol. The molecule has 6 heteroatoms. The van der Waals surface area contributed by atoms with Gasteiger partial charge in [-0.1, -0.05) is 0 Å². The van der Waals surface area contributed by atoms with Crippen LogP contribution in [-0.4, -0.2) is 11.9 Å². The molecule has 0 spiro atoms. The van der Waals surface area contributed by atoms with Crippen LogP contribution in [0.1, 0.15) is 17.3 Å². The van der Waals surface area contributed by atoms with Gasteiger partial charge in [-0.05, 0) is 0 Å². The Morgan fingerprint density at radius 1 is 1.40 bits per heavy atom. The summed E-state index contributed by atoms with van der Waals surface area (Å²) in [4.78, 5) is 22.0. The first kappa shape index (κ1) is 10.2. The molecule has 1 unspecified atom stereocenters. The van der Waals surface area contributed by atoms with Gasteiger partial charge < -0.3 is 0 Å². The van der Waals surface area contributed by atoms with Crippen LogP contribution in [0.3, 0.4) is 0 Å². The van der Waals surface area contributed by atoms with E-state index in [1.165, 1.54) is 12.1 Å². The SMILES string of the molecule is CC(=O)OI1(=O)OC(=O)c2ccccc21. The molecule has 0 N–H and O–H groups in total. The molecule has 0 saturated carbocycles. The molecule has 0 aliphatic carbocycles. The van der Waals surface area contributed by atoms with Crippen LogP contribution in [-0.2, 0) is 14.0 Å². The first-order valence-corrected chi connectivity index (χ1v) is 7.77. The van der Waals surface area contributed by atoms with Crippen LogP contribution in [0.25, 0.3) is 0 Å². The Kier molecular flexibility index (Phi) is 2.29. The standard InChI is InChI=1S/C9H7IO5/c1-6(11)14-10(13)8-5-3-2-4-7(8)9(12)15-10/h2-5H,1H3. The fraction of sp³-hybridized carbons (Fsp3) is 0.111. The summed E-state index contributed by atoms with van der Waals surface area (Å²) in [7, 11) is 0. The fourth-order valence-electron chi connectivity index (χ4n) is 1.20. The molecule has 0 radical (unpaired) electrons. The molecule has 5 nitrogen and oxygen atoms in total. The summed E-state index contributed by atoms with van der Waals surface area (Å²) in [5.74, 6) is -1.41. The van der Waals surface area contributed by atoms with E-state index in [-0.39, 0.29) is 9.13 Å². The van der Waals surface area contributed by atoms with Gasteiger partial charge in [0.2, 0.25) is 0 Å². The molecule has 80 valence electrons. The summed E-state index contributed by atoms with van der Waals surface area (Å²) in [5, 5.41) is 0. The van der Waals surface area contributed by atoms with E-state index in [4.69, 9.17) is 0 Å². The second-order valence-electron chi connectivity index (χ2n) is 2.83. The van der Waals surface area contributed by atoms with Crippen LogP contribution in [0.4, 0.5) is 0 Å². The third-order valence-corrected chi connectivity index (χ3v) is 6.27. The summed E-state index contributed by atoms with van der Waals surface area (Å²) >= 11 is -4.54. The van der Waals surface area contributed by atoms with Crippen molar-refractivity contribution in [1.82, 2.24) is 0 Å². The number of carbonyl (C=O) groups excluding carboxylic acids is 2. The van der Waals surface area contributed by atoms with E-state index in [1.807, 2.05) is 0 Å². The van der Waals surface area contributed by atoms with Gasteiger partial charge in [-0.2, -0.15) is 0 Å². The van der Waals surface area contributed by atoms with Gasteiger partial charge in [0.25, 0.3) is 0 Å². The Bertz CT molecular complexity index is 487. The minimum atomic E-state index is -4.54. The van der Waals surface area contributed by atoms with Crippen LogP contribution < -0.4 is 0 Å². The summed E-state index contributed by atoms with van der Waals surface area (Å²) in [6.45, 7) is 1.12. The predicted octanol–water partition coefficient (Wildman–Crippen LogP) is 1.81. The topological polar surface area (TPSA) is 69.7 Å². The van der Waals surface area contributed by atoms with Crippen molar-refractivity contribution in [3.63, 3.8) is 0 Å². The molecule has 1 aliphatic heterocycles. The zero-order valence-corrected chi connectivity index (χ0v) is 9.89. The molecule has 1 atom stereocenters. The normalized spacial score (nSPS) is 27.4. The van der Waals surface area contributed by atoms with Crippen molar-refractivity contribution >= 4 is 31.2 Å².